The first-order valence-corrected chi connectivity index (χ1v) is 5.56. The van der Waals surface area contributed by atoms with E-state index in [4.69, 9.17) is 4.42 Å². The fourth-order valence-electron chi connectivity index (χ4n) is 0.891. The molecule has 0 spiro atoms. The standard InChI is InChI=1S/C9H7BrN2OS/c1-6-5-13-9(12-6)14-8-3-2-7(10)4-11-8/h2-5H,1H3. The zero-order valence-electron chi connectivity index (χ0n) is 7.40. The molecule has 0 aliphatic rings. The van der Waals surface area contributed by atoms with Crippen molar-refractivity contribution < 1.29 is 4.42 Å². The molecular weight excluding hydrogens is 264 g/mol. The van der Waals surface area contributed by atoms with Crippen LogP contribution in [0.15, 0.2) is 43.7 Å². The molecule has 2 rings (SSSR count). The third-order valence-electron chi connectivity index (χ3n) is 1.49. The van der Waals surface area contributed by atoms with Gasteiger partial charge >= 0.3 is 0 Å². The van der Waals surface area contributed by atoms with Gasteiger partial charge in [-0.1, -0.05) is 0 Å². The molecule has 3 nitrogen and oxygen atoms in total. The van der Waals surface area contributed by atoms with E-state index < -0.39 is 0 Å². The van der Waals surface area contributed by atoms with E-state index in [1.54, 1.807) is 12.5 Å². The van der Waals surface area contributed by atoms with E-state index in [0.29, 0.717) is 5.22 Å². The molecule has 0 saturated heterocycles. The smallest absolute Gasteiger partial charge is 0.262 e. The van der Waals surface area contributed by atoms with Gasteiger partial charge in [0.15, 0.2) is 0 Å². The predicted molar refractivity (Wildman–Crippen MR) is 57.3 cm³/mol. The van der Waals surface area contributed by atoms with Crippen LogP contribution in [0.25, 0.3) is 0 Å². The summed E-state index contributed by atoms with van der Waals surface area (Å²) in [6, 6.07) is 3.85. The number of pyridine rings is 1. The predicted octanol–water partition coefficient (Wildman–Crippen LogP) is 3.29. The Balaban J connectivity index is 2.15. The van der Waals surface area contributed by atoms with Crippen LogP contribution < -0.4 is 0 Å². The van der Waals surface area contributed by atoms with Gasteiger partial charge in [-0.15, -0.1) is 0 Å². The van der Waals surface area contributed by atoms with Crippen LogP contribution in [0.5, 0.6) is 0 Å². The lowest BCUT2D eigenvalue weighted by Crippen LogP contribution is -1.79. The van der Waals surface area contributed by atoms with Crippen molar-refractivity contribution in [1.82, 2.24) is 9.97 Å². The minimum Gasteiger partial charge on any atom is -0.439 e. The molecule has 0 amide bonds. The zero-order valence-corrected chi connectivity index (χ0v) is 9.80. The van der Waals surface area contributed by atoms with Gasteiger partial charge in [0.1, 0.15) is 11.3 Å². The average molecular weight is 271 g/mol. The summed E-state index contributed by atoms with van der Waals surface area (Å²) in [5.74, 6) is 0. The van der Waals surface area contributed by atoms with Crippen molar-refractivity contribution in [2.24, 2.45) is 0 Å². The molecule has 2 aromatic rings. The van der Waals surface area contributed by atoms with E-state index in [0.717, 1.165) is 15.2 Å². The van der Waals surface area contributed by atoms with Crippen LogP contribution in [-0.2, 0) is 0 Å². The first kappa shape index (κ1) is 9.73. The topological polar surface area (TPSA) is 38.9 Å². The second-order valence-electron chi connectivity index (χ2n) is 2.67. The highest BCUT2D eigenvalue weighted by atomic mass is 79.9. The first-order valence-electron chi connectivity index (χ1n) is 3.95. The van der Waals surface area contributed by atoms with Crippen LogP contribution in [0.1, 0.15) is 5.69 Å². The number of oxazole rings is 1. The maximum Gasteiger partial charge on any atom is 0.262 e. The minimum absolute atomic E-state index is 0.623. The van der Waals surface area contributed by atoms with Crippen LogP contribution in [0, 0.1) is 6.92 Å². The summed E-state index contributed by atoms with van der Waals surface area (Å²) >= 11 is 4.73. The Kier molecular flexibility index (Phi) is 2.88. The Morgan fingerprint density at radius 1 is 1.43 bits per heavy atom. The fourth-order valence-corrected chi connectivity index (χ4v) is 1.83. The van der Waals surface area contributed by atoms with Gasteiger partial charge in [0.25, 0.3) is 5.22 Å². The number of nitrogens with zero attached hydrogens (tertiary/aromatic N) is 2. The molecule has 0 aromatic carbocycles. The van der Waals surface area contributed by atoms with Gasteiger partial charge in [0, 0.05) is 10.7 Å². The highest BCUT2D eigenvalue weighted by Crippen LogP contribution is 2.25. The van der Waals surface area contributed by atoms with Crippen molar-refractivity contribution in [3.63, 3.8) is 0 Å². The normalized spacial score (nSPS) is 10.4. The lowest BCUT2D eigenvalue weighted by Gasteiger charge is -1.94. The van der Waals surface area contributed by atoms with E-state index in [1.165, 1.54) is 11.8 Å². The number of hydrogen-bond acceptors (Lipinski definition) is 4. The second-order valence-corrected chi connectivity index (χ2v) is 4.56. The molecule has 0 radical (unpaired) electrons. The van der Waals surface area contributed by atoms with Gasteiger partial charge in [-0.05, 0) is 46.7 Å². The number of aromatic nitrogens is 2. The summed E-state index contributed by atoms with van der Waals surface area (Å²) in [6.45, 7) is 1.89. The van der Waals surface area contributed by atoms with Crippen molar-refractivity contribution >= 4 is 27.7 Å². The quantitative estimate of drug-likeness (QED) is 0.840. The molecule has 0 aliphatic carbocycles. The molecule has 2 aromatic heterocycles. The van der Waals surface area contributed by atoms with Crippen LogP contribution >= 0.6 is 27.7 Å². The average Bonchev–Trinajstić information content (AvgIpc) is 2.56. The van der Waals surface area contributed by atoms with Crippen molar-refractivity contribution in [3.05, 3.63) is 34.8 Å². The molecule has 0 aliphatic heterocycles. The first-order chi connectivity index (χ1) is 6.74. The van der Waals surface area contributed by atoms with Gasteiger partial charge in [-0.2, -0.15) is 0 Å². The Labute approximate surface area is 94.1 Å². The highest BCUT2D eigenvalue weighted by molar-refractivity contribution is 9.10. The molecule has 0 unspecified atom stereocenters. The van der Waals surface area contributed by atoms with Crippen molar-refractivity contribution in [2.75, 3.05) is 0 Å². The summed E-state index contributed by atoms with van der Waals surface area (Å²) in [5, 5.41) is 1.49. The molecule has 0 saturated carbocycles. The van der Waals surface area contributed by atoms with E-state index in [-0.39, 0.29) is 0 Å². The van der Waals surface area contributed by atoms with Crippen LogP contribution in [0.2, 0.25) is 0 Å². The second kappa shape index (κ2) is 4.14. The molecule has 0 N–H and O–H groups in total. The van der Waals surface area contributed by atoms with E-state index in [9.17, 15) is 0 Å². The number of halogens is 1. The monoisotopic (exact) mass is 270 g/mol. The summed E-state index contributed by atoms with van der Waals surface area (Å²) in [5.41, 5.74) is 0.879. The summed E-state index contributed by atoms with van der Waals surface area (Å²) in [4.78, 5) is 8.37. The Hall–Kier alpha value is -0.810. The largest absolute Gasteiger partial charge is 0.439 e. The van der Waals surface area contributed by atoms with Gasteiger partial charge < -0.3 is 4.42 Å². The molecule has 5 heteroatoms. The SMILES string of the molecule is Cc1coc(Sc2ccc(Br)cn2)n1. The third-order valence-corrected chi connectivity index (χ3v) is 2.77. The van der Waals surface area contributed by atoms with E-state index in [1.807, 2.05) is 19.1 Å². The zero-order chi connectivity index (χ0) is 9.97. The Bertz CT molecular complexity index is 427. The summed E-state index contributed by atoms with van der Waals surface area (Å²) < 4.78 is 6.16. The van der Waals surface area contributed by atoms with Gasteiger partial charge in [-0.3, -0.25) is 0 Å². The molecule has 14 heavy (non-hydrogen) atoms. The highest BCUT2D eigenvalue weighted by Gasteiger charge is 2.03. The molecule has 0 bridgehead atoms. The lowest BCUT2D eigenvalue weighted by atomic mass is 10.5. The van der Waals surface area contributed by atoms with Crippen LogP contribution in [0.4, 0.5) is 0 Å². The molecular formula is C9H7BrN2OS. The minimum atomic E-state index is 0.623. The van der Waals surface area contributed by atoms with Gasteiger partial charge in [0.2, 0.25) is 0 Å². The van der Waals surface area contributed by atoms with Crippen molar-refractivity contribution in [2.45, 2.75) is 17.2 Å². The summed E-state index contributed by atoms with van der Waals surface area (Å²) in [6.07, 6.45) is 3.37. The van der Waals surface area contributed by atoms with Crippen molar-refractivity contribution in [1.29, 1.82) is 0 Å². The molecule has 72 valence electrons. The molecule has 2 heterocycles. The van der Waals surface area contributed by atoms with Crippen molar-refractivity contribution in [3.8, 4) is 0 Å². The van der Waals surface area contributed by atoms with Crippen LogP contribution in [0.3, 0.4) is 0 Å². The third kappa shape index (κ3) is 2.36. The number of hydrogen-bond donors (Lipinski definition) is 0. The Morgan fingerprint density at radius 3 is 2.86 bits per heavy atom. The van der Waals surface area contributed by atoms with Crippen LogP contribution in [-0.4, -0.2) is 9.97 Å². The fraction of sp³-hybridized carbons (Fsp3) is 0.111. The van der Waals surface area contributed by atoms with Gasteiger partial charge in [-0.25, -0.2) is 9.97 Å². The van der Waals surface area contributed by atoms with Gasteiger partial charge in [0.05, 0.1) is 5.69 Å². The Morgan fingerprint density at radius 2 is 2.29 bits per heavy atom. The maximum absolute atomic E-state index is 5.20. The van der Waals surface area contributed by atoms with E-state index >= 15 is 0 Å². The molecule has 0 atom stereocenters. The van der Waals surface area contributed by atoms with E-state index in [2.05, 4.69) is 25.9 Å². The lowest BCUT2D eigenvalue weighted by molar-refractivity contribution is 0.454. The summed E-state index contributed by atoms with van der Waals surface area (Å²) in [7, 11) is 0. The maximum atomic E-state index is 5.20. The molecule has 0 fully saturated rings. The number of aryl methyl sites for hydroxylation is 1. The number of rotatable bonds is 2.